The number of nitriles is 1. The van der Waals surface area contributed by atoms with Crippen molar-refractivity contribution < 1.29 is 0 Å². The molecule has 2 atom stereocenters. The molecule has 0 aromatic heterocycles. The van der Waals surface area contributed by atoms with Gasteiger partial charge in [0.15, 0.2) is 0 Å². The van der Waals surface area contributed by atoms with Crippen LogP contribution < -0.4 is 5.32 Å². The summed E-state index contributed by atoms with van der Waals surface area (Å²) in [5, 5.41) is 12.7. The predicted molar refractivity (Wildman–Crippen MR) is 67.2 cm³/mol. The van der Waals surface area contributed by atoms with Gasteiger partial charge in [0.25, 0.3) is 0 Å². The zero-order chi connectivity index (χ0) is 12.3. The van der Waals surface area contributed by atoms with Crippen molar-refractivity contribution in [3.63, 3.8) is 0 Å². The number of hydrogen-bond donors (Lipinski definition) is 1. The Bertz CT molecular complexity index is 265. The van der Waals surface area contributed by atoms with Crippen LogP contribution in [0.4, 0.5) is 0 Å². The van der Waals surface area contributed by atoms with Gasteiger partial charge in [-0.25, -0.2) is 0 Å². The lowest BCUT2D eigenvalue weighted by molar-refractivity contribution is 0.201. The van der Waals surface area contributed by atoms with E-state index in [2.05, 4.69) is 44.1 Å². The first kappa shape index (κ1) is 13.5. The van der Waals surface area contributed by atoms with Gasteiger partial charge in [0.05, 0.1) is 6.07 Å². The summed E-state index contributed by atoms with van der Waals surface area (Å²) in [4.78, 5) is 2.41. The van der Waals surface area contributed by atoms with Crippen LogP contribution in [0.5, 0.6) is 0 Å². The van der Waals surface area contributed by atoms with Crippen molar-refractivity contribution in [1.29, 1.82) is 5.26 Å². The maximum absolute atomic E-state index is 9.29. The second-order valence-corrected chi connectivity index (χ2v) is 5.69. The largest absolute Gasteiger partial charge is 0.301 e. The number of hydrogen-bond acceptors (Lipinski definition) is 3. The fourth-order valence-corrected chi connectivity index (χ4v) is 2.35. The van der Waals surface area contributed by atoms with Gasteiger partial charge in [0.2, 0.25) is 0 Å². The van der Waals surface area contributed by atoms with Crippen LogP contribution in [0.3, 0.4) is 0 Å². The lowest BCUT2D eigenvalue weighted by Gasteiger charge is -2.33. The van der Waals surface area contributed by atoms with Gasteiger partial charge in [0.1, 0.15) is 5.54 Å². The topological polar surface area (TPSA) is 39.1 Å². The average molecular weight is 223 g/mol. The third-order valence-electron chi connectivity index (χ3n) is 3.38. The Morgan fingerprint density at radius 3 is 2.38 bits per heavy atom. The van der Waals surface area contributed by atoms with E-state index in [1.165, 1.54) is 12.8 Å². The zero-order valence-corrected chi connectivity index (χ0v) is 11.2. The van der Waals surface area contributed by atoms with Crippen LogP contribution in [0, 0.1) is 11.3 Å². The summed E-state index contributed by atoms with van der Waals surface area (Å²) in [7, 11) is 2.18. The fourth-order valence-electron chi connectivity index (χ4n) is 2.35. The van der Waals surface area contributed by atoms with Crippen LogP contribution >= 0.6 is 0 Å². The molecule has 0 aromatic carbocycles. The van der Waals surface area contributed by atoms with E-state index in [-0.39, 0.29) is 0 Å². The summed E-state index contributed by atoms with van der Waals surface area (Å²) >= 11 is 0. The fraction of sp³-hybridized carbons (Fsp3) is 0.923. The highest BCUT2D eigenvalue weighted by Gasteiger charge is 2.33. The normalized spacial score (nSPS) is 21.9. The quantitative estimate of drug-likeness (QED) is 0.750. The van der Waals surface area contributed by atoms with Crippen molar-refractivity contribution in [2.75, 3.05) is 7.05 Å². The molecule has 0 bridgehead atoms. The molecule has 1 saturated carbocycles. The SMILES string of the molecule is CC(C)NC(C)(C#N)CC(C)N(C)C1CC1. The molecule has 3 heteroatoms. The highest BCUT2D eigenvalue weighted by molar-refractivity contribution is 5.06. The minimum Gasteiger partial charge on any atom is -0.301 e. The first-order chi connectivity index (χ1) is 7.38. The summed E-state index contributed by atoms with van der Waals surface area (Å²) in [5.74, 6) is 0. The monoisotopic (exact) mass is 223 g/mol. The van der Waals surface area contributed by atoms with Crippen molar-refractivity contribution in [3.8, 4) is 6.07 Å². The summed E-state index contributed by atoms with van der Waals surface area (Å²) in [6.07, 6.45) is 3.53. The summed E-state index contributed by atoms with van der Waals surface area (Å²) in [6.45, 7) is 8.40. The van der Waals surface area contributed by atoms with E-state index in [0.29, 0.717) is 12.1 Å². The van der Waals surface area contributed by atoms with E-state index in [1.54, 1.807) is 0 Å². The van der Waals surface area contributed by atoms with E-state index in [1.807, 2.05) is 6.92 Å². The summed E-state index contributed by atoms with van der Waals surface area (Å²) in [5.41, 5.74) is -0.406. The molecule has 0 heterocycles. The van der Waals surface area contributed by atoms with Crippen molar-refractivity contribution in [1.82, 2.24) is 10.2 Å². The minimum atomic E-state index is -0.406. The summed E-state index contributed by atoms with van der Waals surface area (Å²) in [6, 6.07) is 3.99. The van der Waals surface area contributed by atoms with Crippen molar-refractivity contribution >= 4 is 0 Å². The van der Waals surface area contributed by atoms with E-state index in [0.717, 1.165) is 12.5 Å². The molecule has 0 radical (unpaired) electrons. The van der Waals surface area contributed by atoms with Crippen LogP contribution in [0.15, 0.2) is 0 Å². The molecule has 0 saturated heterocycles. The number of rotatable bonds is 6. The van der Waals surface area contributed by atoms with Gasteiger partial charge < -0.3 is 4.90 Å². The highest BCUT2D eigenvalue weighted by atomic mass is 15.2. The maximum Gasteiger partial charge on any atom is 0.105 e. The molecule has 0 aliphatic heterocycles. The molecule has 1 aliphatic rings. The van der Waals surface area contributed by atoms with Gasteiger partial charge >= 0.3 is 0 Å². The van der Waals surface area contributed by atoms with Crippen molar-refractivity contribution in [2.45, 2.75) is 70.6 Å². The van der Waals surface area contributed by atoms with E-state index in [4.69, 9.17) is 0 Å². The van der Waals surface area contributed by atoms with Gasteiger partial charge in [-0.3, -0.25) is 5.32 Å². The van der Waals surface area contributed by atoms with E-state index >= 15 is 0 Å². The first-order valence-corrected chi connectivity index (χ1v) is 6.29. The smallest absolute Gasteiger partial charge is 0.105 e. The molecular weight excluding hydrogens is 198 g/mol. The van der Waals surface area contributed by atoms with E-state index < -0.39 is 5.54 Å². The molecule has 92 valence electrons. The molecule has 1 rings (SSSR count). The number of nitrogens with zero attached hydrogens (tertiary/aromatic N) is 2. The maximum atomic E-state index is 9.29. The Hall–Kier alpha value is -0.590. The van der Waals surface area contributed by atoms with Crippen LogP contribution in [-0.2, 0) is 0 Å². The molecule has 0 amide bonds. The third kappa shape index (κ3) is 3.77. The van der Waals surface area contributed by atoms with E-state index in [9.17, 15) is 5.26 Å². The first-order valence-electron chi connectivity index (χ1n) is 6.29. The minimum absolute atomic E-state index is 0.350. The molecule has 1 fully saturated rings. The van der Waals surface area contributed by atoms with Gasteiger partial charge in [-0.15, -0.1) is 0 Å². The molecular formula is C13H25N3. The Morgan fingerprint density at radius 1 is 1.44 bits per heavy atom. The Labute approximate surface area is 99.8 Å². The van der Waals surface area contributed by atoms with Crippen LogP contribution in [-0.4, -0.2) is 35.6 Å². The van der Waals surface area contributed by atoms with Gasteiger partial charge in [0, 0.05) is 18.1 Å². The molecule has 16 heavy (non-hydrogen) atoms. The highest BCUT2D eigenvalue weighted by Crippen LogP contribution is 2.29. The summed E-state index contributed by atoms with van der Waals surface area (Å²) < 4.78 is 0. The Kier molecular flexibility index (Phi) is 4.35. The lowest BCUT2D eigenvalue weighted by atomic mass is 9.93. The molecule has 2 unspecified atom stereocenters. The molecule has 0 aromatic rings. The Morgan fingerprint density at radius 2 is 2.00 bits per heavy atom. The second kappa shape index (κ2) is 5.16. The van der Waals surface area contributed by atoms with Gasteiger partial charge in [-0.1, -0.05) is 0 Å². The van der Waals surface area contributed by atoms with Crippen LogP contribution in [0.1, 0.15) is 47.0 Å². The third-order valence-corrected chi connectivity index (χ3v) is 3.38. The predicted octanol–water partition coefficient (Wildman–Crippen LogP) is 2.14. The molecule has 3 nitrogen and oxygen atoms in total. The van der Waals surface area contributed by atoms with Gasteiger partial charge in [-0.05, 0) is 54.0 Å². The van der Waals surface area contributed by atoms with Crippen molar-refractivity contribution in [3.05, 3.63) is 0 Å². The average Bonchev–Trinajstić information content (AvgIpc) is 2.98. The van der Waals surface area contributed by atoms with Crippen molar-refractivity contribution in [2.24, 2.45) is 0 Å². The Balaban J connectivity index is 2.51. The molecule has 0 spiro atoms. The standard InChI is InChI=1S/C13H25N3/c1-10(2)15-13(4,9-14)8-11(3)16(5)12-6-7-12/h10-12,15H,6-8H2,1-5H3. The number of nitrogens with one attached hydrogen (secondary N) is 1. The molecule has 1 aliphatic carbocycles. The van der Waals surface area contributed by atoms with Gasteiger partial charge in [-0.2, -0.15) is 5.26 Å². The molecule has 1 N–H and O–H groups in total. The van der Waals surface area contributed by atoms with Crippen LogP contribution in [0.2, 0.25) is 0 Å². The second-order valence-electron chi connectivity index (χ2n) is 5.69. The zero-order valence-electron chi connectivity index (χ0n) is 11.2. The lowest BCUT2D eigenvalue weighted by Crippen LogP contribution is -2.49. The van der Waals surface area contributed by atoms with Crippen LogP contribution in [0.25, 0.3) is 0 Å².